The minimum Gasteiger partial charge on any atom is -0.380 e. The summed E-state index contributed by atoms with van der Waals surface area (Å²) in [6.07, 6.45) is 7.73. The number of ketones is 2. The molecule has 0 unspecified atom stereocenters. The Morgan fingerprint density at radius 3 is 2.88 bits per heavy atom. The molecule has 0 aromatic carbocycles. The molecule has 16 heavy (non-hydrogen) atoms. The van der Waals surface area contributed by atoms with Gasteiger partial charge in [-0.2, -0.15) is 0 Å². The average Bonchev–Trinajstić information content (AvgIpc) is 2.25. The molecule has 90 valence electrons. The minimum absolute atomic E-state index is 0.0230. The molecule has 0 heterocycles. The first-order valence-corrected chi connectivity index (χ1v) is 5.86. The zero-order chi connectivity index (χ0) is 12.0. The zero-order valence-electron chi connectivity index (χ0n) is 10.1. The van der Waals surface area contributed by atoms with E-state index in [1.54, 1.807) is 20.1 Å². The van der Waals surface area contributed by atoms with Gasteiger partial charge in [-0.05, 0) is 25.8 Å². The van der Waals surface area contributed by atoms with E-state index >= 15 is 0 Å². The molecule has 0 saturated heterocycles. The second kappa shape index (κ2) is 6.59. The second-order valence-corrected chi connectivity index (χ2v) is 4.42. The highest BCUT2D eigenvalue weighted by atomic mass is 16.5. The number of rotatable bonds is 6. The Bertz CT molecular complexity index is 281. The van der Waals surface area contributed by atoms with Gasteiger partial charge in [-0.25, -0.2) is 0 Å². The molecule has 3 nitrogen and oxygen atoms in total. The highest BCUT2D eigenvalue weighted by Gasteiger charge is 2.24. The summed E-state index contributed by atoms with van der Waals surface area (Å²) in [5.74, 6) is 0.721. The summed E-state index contributed by atoms with van der Waals surface area (Å²) in [4.78, 5) is 22.0. The number of ether oxygens (including phenoxy) is 1. The van der Waals surface area contributed by atoms with Crippen molar-refractivity contribution < 1.29 is 14.3 Å². The van der Waals surface area contributed by atoms with Crippen LogP contribution in [0.1, 0.15) is 39.0 Å². The predicted octanol–water partition coefficient (Wildman–Crippen LogP) is 2.30. The lowest BCUT2D eigenvalue weighted by molar-refractivity contribution is -0.118. The SMILES string of the molecule is CO[C@@H]1CC(=O)C=C[C@H]1CCCCC(C)=O. The van der Waals surface area contributed by atoms with Crippen molar-refractivity contribution in [3.8, 4) is 0 Å². The number of unbranched alkanes of at least 4 members (excludes halogenated alkanes) is 1. The van der Waals surface area contributed by atoms with E-state index in [0.717, 1.165) is 19.3 Å². The van der Waals surface area contributed by atoms with Crippen LogP contribution in [0.3, 0.4) is 0 Å². The van der Waals surface area contributed by atoms with E-state index in [2.05, 4.69) is 0 Å². The Labute approximate surface area is 96.9 Å². The summed E-state index contributed by atoms with van der Waals surface area (Å²) in [6, 6.07) is 0. The quantitative estimate of drug-likeness (QED) is 0.650. The number of carbonyl (C=O) groups is 2. The number of methoxy groups -OCH3 is 1. The summed E-state index contributed by atoms with van der Waals surface area (Å²) in [7, 11) is 1.65. The summed E-state index contributed by atoms with van der Waals surface area (Å²) in [5, 5.41) is 0. The Balaban J connectivity index is 2.31. The van der Waals surface area contributed by atoms with Gasteiger partial charge in [0.05, 0.1) is 6.10 Å². The minimum atomic E-state index is 0.0230. The number of Topliss-reactive ketones (excluding diaryl/α,β-unsaturated/α-hetero) is 1. The molecular formula is C13H20O3. The first-order valence-electron chi connectivity index (χ1n) is 5.86. The van der Waals surface area contributed by atoms with Crippen molar-refractivity contribution in [2.45, 2.75) is 45.1 Å². The van der Waals surface area contributed by atoms with E-state index < -0.39 is 0 Å². The van der Waals surface area contributed by atoms with Crippen LogP contribution in [0.5, 0.6) is 0 Å². The maximum Gasteiger partial charge on any atom is 0.157 e. The van der Waals surface area contributed by atoms with Crippen LogP contribution in [-0.2, 0) is 14.3 Å². The van der Waals surface area contributed by atoms with Gasteiger partial charge in [-0.3, -0.25) is 4.79 Å². The van der Waals surface area contributed by atoms with Gasteiger partial charge in [0.25, 0.3) is 0 Å². The fourth-order valence-corrected chi connectivity index (χ4v) is 2.07. The van der Waals surface area contributed by atoms with Gasteiger partial charge >= 0.3 is 0 Å². The molecule has 1 rings (SSSR count). The Morgan fingerprint density at radius 2 is 2.25 bits per heavy atom. The summed E-state index contributed by atoms with van der Waals surface area (Å²) in [5.41, 5.74) is 0. The van der Waals surface area contributed by atoms with Crippen LogP contribution in [0.2, 0.25) is 0 Å². The van der Waals surface area contributed by atoms with Gasteiger partial charge in [0, 0.05) is 25.9 Å². The molecule has 0 radical (unpaired) electrons. The monoisotopic (exact) mass is 224 g/mol. The van der Waals surface area contributed by atoms with Crippen LogP contribution < -0.4 is 0 Å². The summed E-state index contributed by atoms with van der Waals surface area (Å²) in [6.45, 7) is 1.62. The van der Waals surface area contributed by atoms with Crippen LogP contribution in [0.4, 0.5) is 0 Å². The molecule has 3 heteroatoms. The molecule has 0 aromatic rings. The topological polar surface area (TPSA) is 43.4 Å². The van der Waals surface area contributed by atoms with E-state index in [4.69, 9.17) is 4.74 Å². The molecule has 1 aliphatic carbocycles. The predicted molar refractivity (Wildman–Crippen MR) is 62.2 cm³/mol. The van der Waals surface area contributed by atoms with Gasteiger partial charge in [0.2, 0.25) is 0 Å². The van der Waals surface area contributed by atoms with Crippen molar-refractivity contribution in [1.29, 1.82) is 0 Å². The van der Waals surface area contributed by atoms with Crippen LogP contribution in [0, 0.1) is 5.92 Å². The summed E-state index contributed by atoms with van der Waals surface area (Å²) < 4.78 is 5.31. The maximum absolute atomic E-state index is 11.2. The number of hydrogen-bond donors (Lipinski definition) is 0. The zero-order valence-corrected chi connectivity index (χ0v) is 10.1. The summed E-state index contributed by atoms with van der Waals surface area (Å²) >= 11 is 0. The standard InChI is InChI=1S/C13H20O3/c1-10(14)5-3-4-6-11-7-8-12(15)9-13(11)16-2/h7-8,11,13H,3-6,9H2,1-2H3/t11-,13-/m1/s1. The molecule has 0 bridgehead atoms. The van der Waals surface area contributed by atoms with Crippen LogP contribution in [-0.4, -0.2) is 24.8 Å². The maximum atomic E-state index is 11.2. The first kappa shape index (κ1) is 13.1. The molecule has 0 amide bonds. The molecule has 1 aliphatic rings. The molecule has 2 atom stereocenters. The van der Waals surface area contributed by atoms with E-state index in [1.807, 2.05) is 6.08 Å². The third kappa shape index (κ3) is 4.27. The van der Waals surface area contributed by atoms with Crippen molar-refractivity contribution in [2.24, 2.45) is 5.92 Å². The van der Waals surface area contributed by atoms with Crippen LogP contribution >= 0.6 is 0 Å². The van der Waals surface area contributed by atoms with Crippen molar-refractivity contribution in [1.82, 2.24) is 0 Å². The van der Waals surface area contributed by atoms with Gasteiger partial charge < -0.3 is 9.53 Å². The molecular weight excluding hydrogens is 204 g/mol. The van der Waals surface area contributed by atoms with Crippen molar-refractivity contribution in [3.05, 3.63) is 12.2 Å². The number of hydrogen-bond acceptors (Lipinski definition) is 3. The van der Waals surface area contributed by atoms with Gasteiger partial charge in [-0.1, -0.05) is 12.5 Å². The molecule has 0 aromatic heterocycles. The van der Waals surface area contributed by atoms with Crippen LogP contribution in [0.25, 0.3) is 0 Å². The Kier molecular flexibility index (Phi) is 5.39. The van der Waals surface area contributed by atoms with Gasteiger partial charge in [-0.15, -0.1) is 0 Å². The van der Waals surface area contributed by atoms with E-state index in [-0.39, 0.29) is 17.7 Å². The first-order chi connectivity index (χ1) is 7.63. The lowest BCUT2D eigenvalue weighted by atomic mass is 9.87. The molecule has 0 spiro atoms. The molecule has 0 saturated carbocycles. The van der Waals surface area contributed by atoms with E-state index in [0.29, 0.717) is 18.8 Å². The smallest absolute Gasteiger partial charge is 0.157 e. The molecule has 0 fully saturated rings. The van der Waals surface area contributed by atoms with E-state index in [9.17, 15) is 9.59 Å². The lowest BCUT2D eigenvalue weighted by Crippen LogP contribution is -2.27. The van der Waals surface area contributed by atoms with Crippen molar-refractivity contribution in [2.75, 3.05) is 7.11 Å². The fourth-order valence-electron chi connectivity index (χ4n) is 2.07. The normalized spacial score (nSPS) is 24.8. The molecule has 0 N–H and O–H groups in total. The van der Waals surface area contributed by atoms with Gasteiger partial charge in [0.15, 0.2) is 5.78 Å². The highest BCUT2D eigenvalue weighted by molar-refractivity contribution is 5.91. The van der Waals surface area contributed by atoms with Gasteiger partial charge in [0.1, 0.15) is 5.78 Å². The van der Waals surface area contributed by atoms with E-state index in [1.165, 1.54) is 0 Å². The van der Waals surface area contributed by atoms with Crippen LogP contribution in [0.15, 0.2) is 12.2 Å². The fraction of sp³-hybridized carbons (Fsp3) is 0.692. The Morgan fingerprint density at radius 1 is 1.50 bits per heavy atom. The second-order valence-electron chi connectivity index (χ2n) is 4.42. The highest BCUT2D eigenvalue weighted by Crippen LogP contribution is 2.24. The van der Waals surface area contributed by atoms with Crippen molar-refractivity contribution >= 4 is 11.6 Å². The third-order valence-electron chi connectivity index (χ3n) is 3.03. The number of carbonyl (C=O) groups excluding carboxylic acids is 2. The number of allylic oxidation sites excluding steroid dienone is 1. The molecule has 0 aliphatic heterocycles. The average molecular weight is 224 g/mol. The largest absolute Gasteiger partial charge is 0.380 e. The van der Waals surface area contributed by atoms with Crippen molar-refractivity contribution in [3.63, 3.8) is 0 Å². The lowest BCUT2D eigenvalue weighted by Gasteiger charge is -2.25. The Hall–Kier alpha value is -0.960. The third-order valence-corrected chi connectivity index (χ3v) is 3.03.